The van der Waals surface area contributed by atoms with Gasteiger partial charge in [-0.1, -0.05) is 41.9 Å². The molecular weight excluding hydrogens is 342 g/mol. The highest BCUT2D eigenvalue weighted by Gasteiger charge is 2.06. The first-order valence-electron chi connectivity index (χ1n) is 7.57. The number of hydrogen-bond acceptors (Lipinski definition) is 4. The molecular formula is C19H18ClNO4. The van der Waals surface area contributed by atoms with Crippen molar-refractivity contribution in [2.24, 2.45) is 0 Å². The van der Waals surface area contributed by atoms with Gasteiger partial charge in [0, 0.05) is 23.2 Å². The highest BCUT2D eigenvalue weighted by atomic mass is 35.5. The molecule has 0 atom stereocenters. The number of esters is 1. The van der Waals surface area contributed by atoms with Crippen molar-refractivity contribution in [3.8, 4) is 5.75 Å². The van der Waals surface area contributed by atoms with E-state index in [-0.39, 0.29) is 12.5 Å². The van der Waals surface area contributed by atoms with Gasteiger partial charge in [0.25, 0.3) is 5.91 Å². The molecule has 2 rings (SSSR count). The third-order valence-electron chi connectivity index (χ3n) is 3.26. The van der Waals surface area contributed by atoms with Gasteiger partial charge in [-0.15, -0.1) is 0 Å². The zero-order valence-electron chi connectivity index (χ0n) is 13.7. The second-order valence-corrected chi connectivity index (χ2v) is 5.53. The Hall–Kier alpha value is -2.79. The number of nitrogens with one attached hydrogen (secondary N) is 1. The third-order valence-corrected chi connectivity index (χ3v) is 3.50. The molecule has 1 N–H and O–H groups in total. The quantitative estimate of drug-likeness (QED) is 0.609. The van der Waals surface area contributed by atoms with E-state index in [1.165, 1.54) is 6.08 Å². The number of halogens is 1. The molecule has 0 radical (unpaired) electrons. The van der Waals surface area contributed by atoms with Crippen LogP contribution in [0.25, 0.3) is 6.08 Å². The van der Waals surface area contributed by atoms with Gasteiger partial charge in [-0.2, -0.15) is 0 Å². The molecule has 130 valence electrons. The second kappa shape index (κ2) is 9.49. The molecule has 2 aromatic carbocycles. The molecule has 6 heteroatoms. The van der Waals surface area contributed by atoms with Crippen LogP contribution < -0.4 is 10.1 Å². The van der Waals surface area contributed by atoms with Crippen LogP contribution >= 0.6 is 11.6 Å². The third kappa shape index (κ3) is 6.31. The molecule has 0 fully saturated rings. The molecule has 0 bridgehead atoms. The predicted octanol–water partition coefficient (Wildman–Crippen LogP) is 3.22. The zero-order chi connectivity index (χ0) is 18.1. The van der Waals surface area contributed by atoms with E-state index >= 15 is 0 Å². The van der Waals surface area contributed by atoms with Crippen LogP contribution in [0.5, 0.6) is 5.75 Å². The number of amides is 1. The Labute approximate surface area is 151 Å². The first-order chi connectivity index (χ1) is 12.1. The maximum absolute atomic E-state index is 11.7. The van der Waals surface area contributed by atoms with Crippen LogP contribution in [0, 0.1) is 0 Å². The fourth-order valence-corrected chi connectivity index (χ4v) is 2.26. The maximum atomic E-state index is 11.7. The smallest absolute Gasteiger partial charge is 0.331 e. The van der Waals surface area contributed by atoms with E-state index in [0.717, 1.165) is 11.1 Å². The number of methoxy groups -OCH3 is 1. The van der Waals surface area contributed by atoms with E-state index in [1.54, 1.807) is 43.5 Å². The Morgan fingerprint density at radius 2 is 1.96 bits per heavy atom. The summed E-state index contributed by atoms with van der Waals surface area (Å²) in [6, 6.07) is 14.4. The number of benzene rings is 2. The molecule has 0 spiro atoms. The van der Waals surface area contributed by atoms with Crippen molar-refractivity contribution in [3.63, 3.8) is 0 Å². The molecule has 2 aromatic rings. The highest BCUT2D eigenvalue weighted by molar-refractivity contribution is 6.30. The van der Waals surface area contributed by atoms with Crippen LogP contribution in [0.15, 0.2) is 54.6 Å². The fourth-order valence-electron chi connectivity index (χ4n) is 2.05. The molecule has 0 saturated heterocycles. The predicted molar refractivity (Wildman–Crippen MR) is 96.3 cm³/mol. The van der Waals surface area contributed by atoms with E-state index < -0.39 is 5.97 Å². The molecule has 0 saturated carbocycles. The van der Waals surface area contributed by atoms with Gasteiger partial charge in [0.05, 0.1) is 7.11 Å². The van der Waals surface area contributed by atoms with Crippen molar-refractivity contribution < 1.29 is 19.1 Å². The lowest BCUT2D eigenvalue weighted by atomic mass is 10.2. The van der Waals surface area contributed by atoms with Gasteiger partial charge in [0.1, 0.15) is 5.75 Å². The lowest BCUT2D eigenvalue weighted by Crippen LogP contribution is -2.28. The Morgan fingerprint density at radius 3 is 2.72 bits per heavy atom. The molecule has 0 heterocycles. The van der Waals surface area contributed by atoms with E-state index in [2.05, 4.69) is 5.32 Å². The normalized spacial score (nSPS) is 10.5. The van der Waals surface area contributed by atoms with Gasteiger partial charge < -0.3 is 14.8 Å². The van der Waals surface area contributed by atoms with Crippen molar-refractivity contribution in [3.05, 3.63) is 70.8 Å². The van der Waals surface area contributed by atoms with E-state index in [1.807, 2.05) is 18.2 Å². The van der Waals surface area contributed by atoms with Gasteiger partial charge in [0.15, 0.2) is 6.61 Å². The molecule has 0 aliphatic carbocycles. The topological polar surface area (TPSA) is 64.6 Å². The fraction of sp³-hybridized carbons (Fsp3) is 0.158. The minimum absolute atomic E-state index is 0.313. The summed E-state index contributed by atoms with van der Waals surface area (Å²) in [4.78, 5) is 23.4. The standard InChI is InChI=1S/C19H18ClNO4/c1-24-17-8-3-2-6-15(17)9-10-19(23)25-13-18(22)21-12-14-5-4-7-16(20)11-14/h2-11H,12-13H2,1H3,(H,21,22)/b10-9+. The number of hydrogen-bond donors (Lipinski definition) is 1. The lowest BCUT2D eigenvalue weighted by Gasteiger charge is -2.06. The van der Waals surface area contributed by atoms with Crippen molar-refractivity contribution in [2.75, 3.05) is 13.7 Å². The highest BCUT2D eigenvalue weighted by Crippen LogP contribution is 2.18. The summed E-state index contributed by atoms with van der Waals surface area (Å²) >= 11 is 5.87. The van der Waals surface area contributed by atoms with Gasteiger partial charge in [-0.25, -0.2) is 4.79 Å². The molecule has 1 amide bonds. The Morgan fingerprint density at radius 1 is 1.16 bits per heavy atom. The summed E-state index contributed by atoms with van der Waals surface area (Å²) < 4.78 is 10.1. The van der Waals surface area contributed by atoms with Crippen LogP contribution in [0.1, 0.15) is 11.1 Å². The molecule has 0 aliphatic rings. The summed E-state index contributed by atoms with van der Waals surface area (Å²) in [5.41, 5.74) is 1.61. The number of ether oxygens (including phenoxy) is 2. The van der Waals surface area contributed by atoms with Crippen molar-refractivity contribution in [1.82, 2.24) is 5.32 Å². The largest absolute Gasteiger partial charge is 0.496 e. The monoisotopic (exact) mass is 359 g/mol. The summed E-state index contributed by atoms with van der Waals surface area (Å²) in [7, 11) is 1.55. The molecule has 5 nitrogen and oxygen atoms in total. The number of carbonyl (C=O) groups is 2. The lowest BCUT2D eigenvalue weighted by molar-refractivity contribution is -0.143. The van der Waals surface area contributed by atoms with Gasteiger partial charge >= 0.3 is 5.97 Å². The summed E-state index contributed by atoms with van der Waals surface area (Å²) in [5.74, 6) is -0.353. The minimum Gasteiger partial charge on any atom is -0.496 e. The molecule has 0 aromatic heterocycles. The van der Waals surface area contributed by atoms with Crippen LogP contribution in [-0.4, -0.2) is 25.6 Å². The van der Waals surface area contributed by atoms with Crippen molar-refractivity contribution in [2.45, 2.75) is 6.54 Å². The van der Waals surface area contributed by atoms with Crippen LogP contribution in [0.4, 0.5) is 0 Å². The van der Waals surface area contributed by atoms with Crippen LogP contribution in [0.2, 0.25) is 5.02 Å². The Balaban J connectivity index is 1.77. The molecule has 0 unspecified atom stereocenters. The average Bonchev–Trinajstić information content (AvgIpc) is 2.63. The number of carbonyl (C=O) groups excluding carboxylic acids is 2. The van der Waals surface area contributed by atoms with Crippen molar-refractivity contribution >= 4 is 29.6 Å². The van der Waals surface area contributed by atoms with E-state index in [0.29, 0.717) is 17.3 Å². The summed E-state index contributed by atoms with van der Waals surface area (Å²) in [6.45, 7) is -0.0380. The SMILES string of the molecule is COc1ccccc1/C=C/C(=O)OCC(=O)NCc1cccc(Cl)c1. The summed E-state index contributed by atoms with van der Waals surface area (Å²) in [5, 5.41) is 3.25. The zero-order valence-corrected chi connectivity index (χ0v) is 14.5. The molecule has 0 aliphatic heterocycles. The Bertz CT molecular complexity index is 774. The first kappa shape index (κ1) is 18.5. The van der Waals surface area contributed by atoms with E-state index in [4.69, 9.17) is 21.1 Å². The van der Waals surface area contributed by atoms with Gasteiger partial charge in [0.2, 0.25) is 0 Å². The minimum atomic E-state index is -0.608. The second-order valence-electron chi connectivity index (χ2n) is 5.09. The van der Waals surface area contributed by atoms with Crippen molar-refractivity contribution in [1.29, 1.82) is 0 Å². The Kier molecular flexibility index (Phi) is 7.04. The van der Waals surface area contributed by atoms with Crippen LogP contribution in [-0.2, 0) is 20.9 Å². The summed E-state index contributed by atoms with van der Waals surface area (Å²) in [6.07, 6.45) is 2.83. The number of rotatable bonds is 7. The van der Waals surface area contributed by atoms with Gasteiger partial charge in [-0.05, 0) is 29.8 Å². The number of para-hydroxylation sites is 1. The maximum Gasteiger partial charge on any atom is 0.331 e. The molecule has 25 heavy (non-hydrogen) atoms. The van der Waals surface area contributed by atoms with Gasteiger partial charge in [-0.3, -0.25) is 4.79 Å². The van der Waals surface area contributed by atoms with Crippen LogP contribution in [0.3, 0.4) is 0 Å². The first-order valence-corrected chi connectivity index (χ1v) is 7.95. The van der Waals surface area contributed by atoms with E-state index in [9.17, 15) is 9.59 Å². The average molecular weight is 360 g/mol.